The average Bonchev–Trinajstić information content (AvgIpc) is 1.65. The Kier molecular flexibility index (Phi) is 57.1. The van der Waals surface area contributed by atoms with E-state index in [0.29, 0.717) is 54.1 Å². The minimum absolute atomic E-state index is 0.141. The maximum Gasteiger partial charge on any atom is 0.248 e. The quantitative estimate of drug-likeness (QED) is 0.225. The zero-order chi connectivity index (χ0) is 104. The Morgan fingerprint density at radius 3 is 1.00 bits per heavy atom. The number of Topliss-reactive ketones (excluding diaryl/α,β-unsaturated/α-hetero) is 2. The van der Waals surface area contributed by atoms with E-state index in [2.05, 4.69) is 267 Å². The molecule has 135 heavy (non-hydrogen) atoms. The van der Waals surface area contributed by atoms with E-state index >= 15 is 0 Å². The van der Waals surface area contributed by atoms with Crippen LogP contribution in [0.3, 0.4) is 0 Å². The summed E-state index contributed by atoms with van der Waals surface area (Å²) in [5, 5.41) is 8.70. The number of carbonyl (C=O) groups is 5. The maximum atomic E-state index is 11.3. The first-order valence-corrected chi connectivity index (χ1v) is 53.7. The fraction of sp³-hybridized carbons (Fsp3) is 0.763. The molecule has 3 N–H and O–H groups in total. The summed E-state index contributed by atoms with van der Waals surface area (Å²) in [5.74, 6) is 1.32. The Hall–Kier alpha value is -6.27. The minimum atomic E-state index is 0.141. The van der Waals surface area contributed by atoms with E-state index in [1.165, 1.54) is 110 Å². The number of nitrogens with one attached hydrogen (secondary N) is 3. The van der Waals surface area contributed by atoms with Crippen molar-refractivity contribution in [3.63, 3.8) is 0 Å². The van der Waals surface area contributed by atoms with Crippen molar-refractivity contribution in [3.8, 4) is 0 Å². The zero-order valence-corrected chi connectivity index (χ0v) is 96.0. The van der Waals surface area contributed by atoms with Crippen LogP contribution in [0, 0.1) is 0 Å². The van der Waals surface area contributed by atoms with E-state index < -0.39 is 0 Å². The Balaban J connectivity index is 0.000000743. The van der Waals surface area contributed by atoms with Gasteiger partial charge >= 0.3 is 0 Å². The number of likely N-dealkylation sites (tertiary alicyclic amines) is 1. The van der Waals surface area contributed by atoms with Crippen LogP contribution in [0.25, 0.3) is 0 Å². The lowest BCUT2D eigenvalue weighted by Gasteiger charge is -2.32. The lowest BCUT2D eigenvalue weighted by molar-refractivity contribution is -0.119. The van der Waals surface area contributed by atoms with Gasteiger partial charge in [-0.1, -0.05) is 130 Å². The van der Waals surface area contributed by atoms with Crippen LogP contribution in [0.15, 0.2) is 121 Å². The number of carbonyl (C=O) groups excluding carboxylic acids is 5. The number of hydrogen-bond donors (Lipinski definition) is 3. The minimum Gasteiger partial charge on any atom is -0.348 e. The number of ketones is 2. The van der Waals surface area contributed by atoms with Crippen molar-refractivity contribution in [2.24, 2.45) is 20.0 Å². The van der Waals surface area contributed by atoms with Gasteiger partial charge in [-0.2, -0.15) is 0 Å². The lowest BCUT2D eigenvalue weighted by Crippen LogP contribution is -2.42. The predicted molar refractivity (Wildman–Crippen MR) is 585 cm³/mol. The molecule has 21 nitrogen and oxygen atoms in total. The summed E-state index contributed by atoms with van der Waals surface area (Å²) in [6.07, 6.45) is 12.1. The molecular formula is C114H208N16O5. The molecule has 0 saturated heterocycles. The third-order valence-electron chi connectivity index (χ3n) is 26.5. The Morgan fingerprint density at radius 1 is 0.274 bits per heavy atom. The third kappa shape index (κ3) is 39.6. The van der Waals surface area contributed by atoms with Crippen molar-refractivity contribution >= 4 is 52.1 Å². The summed E-state index contributed by atoms with van der Waals surface area (Å²) in [7, 11) is 0. The van der Waals surface area contributed by atoms with Gasteiger partial charge in [0.2, 0.25) is 17.7 Å². The normalized spacial score (nSPS) is 21.1. The van der Waals surface area contributed by atoms with Crippen LogP contribution in [-0.4, -0.2) is 279 Å². The molecule has 0 aromatic carbocycles. The molecule has 0 aromatic rings. The van der Waals surface area contributed by atoms with Crippen molar-refractivity contribution in [1.82, 2.24) is 60.0 Å². The molecular weight excluding hydrogens is 1670 g/mol. The number of hydrogen-bond acceptors (Lipinski definition) is 18. The molecule has 0 atom stereocenters. The molecule has 16 aliphatic heterocycles. The van der Waals surface area contributed by atoms with E-state index in [-0.39, 0.29) is 39.9 Å². The van der Waals surface area contributed by atoms with Crippen LogP contribution >= 0.6 is 0 Å². The molecule has 0 radical (unpaired) electrons. The second-order valence-electron chi connectivity index (χ2n) is 42.2. The van der Waals surface area contributed by atoms with E-state index in [1.807, 2.05) is 125 Å². The van der Waals surface area contributed by atoms with Gasteiger partial charge in [-0.15, -0.1) is 0 Å². The molecule has 0 spiro atoms. The molecule has 18 rings (SSSR count). The van der Waals surface area contributed by atoms with Crippen molar-refractivity contribution in [3.05, 3.63) is 101 Å². The summed E-state index contributed by atoms with van der Waals surface area (Å²) in [6, 6.07) is 2.54. The summed E-state index contributed by atoms with van der Waals surface area (Å²) in [5.41, 5.74) is 31.1. The fourth-order valence-electron chi connectivity index (χ4n) is 18.4. The molecule has 18 aliphatic rings. The first-order valence-electron chi connectivity index (χ1n) is 53.7. The highest BCUT2D eigenvalue weighted by molar-refractivity contribution is 6.02. The maximum absolute atomic E-state index is 11.3. The Morgan fingerprint density at radius 2 is 0.578 bits per heavy atom. The number of nitrogens with zero attached hydrogens (tertiary/aromatic N) is 13. The molecule has 774 valence electrons. The number of aliphatic imine (C=N–C) groups is 4. The van der Waals surface area contributed by atoms with Crippen LogP contribution in [0.5, 0.6) is 0 Å². The van der Waals surface area contributed by atoms with Gasteiger partial charge in [0.1, 0.15) is 11.6 Å². The average molecular weight is 1880 g/mol. The van der Waals surface area contributed by atoms with Crippen molar-refractivity contribution < 1.29 is 24.0 Å². The molecule has 21 heteroatoms. The lowest BCUT2D eigenvalue weighted by atomic mass is 10.0. The molecule has 2 aliphatic carbocycles. The zero-order valence-electron chi connectivity index (χ0n) is 96.0. The fourth-order valence-corrected chi connectivity index (χ4v) is 18.4. The van der Waals surface area contributed by atoms with Gasteiger partial charge in [-0.05, 0) is 261 Å². The van der Waals surface area contributed by atoms with E-state index in [1.54, 1.807) is 22.3 Å². The van der Waals surface area contributed by atoms with Gasteiger partial charge in [0.25, 0.3) is 0 Å². The largest absolute Gasteiger partial charge is 0.348 e. The van der Waals surface area contributed by atoms with Crippen molar-refractivity contribution in [2.75, 3.05) is 131 Å². The SMILES string of the molecule is CC.CC.CC.CC.CC.CC.CC.CC.CC.CC(C)(C)N1CC2=C(C1)C(=O)NC2.CC(C)(C)N1CC2=C(C1)NC(=O)C2.CC(C)(C)N1CC2=C(CC(=O)C2)C1.CC(C)N1CCC2=C(CC(=O)C2)C1.CC(C)N1CCC2=C(CC(=O)N2)C1.CC1=NC2=C(C1)CN(C(C)(C)C)C2.CC1=NC2=C(C1)CN(C(C)C)CC2.CC1=NC2=C(CCN(C(C)C)C2)C1.CC1=NCC2=C1CN(C(C)(C)C)C2. The van der Waals surface area contributed by atoms with Gasteiger partial charge in [0.05, 0.1) is 30.8 Å². The highest BCUT2D eigenvalue weighted by Gasteiger charge is 2.40. The molecule has 3 amide bonds. The third-order valence-corrected chi connectivity index (χ3v) is 26.5. The molecule has 0 aromatic heterocycles. The summed E-state index contributed by atoms with van der Waals surface area (Å²) < 4.78 is 0. The number of amides is 3. The van der Waals surface area contributed by atoms with Crippen LogP contribution in [-0.2, 0) is 24.0 Å². The molecule has 0 saturated carbocycles. The van der Waals surface area contributed by atoms with Crippen molar-refractivity contribution in [2.45, 2.75) is 447 Å². The van der Waals surface area contributed by atoms with Gasteiger partial charge in [-0.25, -0.2) is 0 Å². The molecule has 0 fully saturated rings. The van der Waals surface area contributed by atoms with Gasteiger partial charge in [-0.3, -0.25) is 88.0 Å². The Bertz CT molecular complexity index is 4040. The number of rotatable bonds is 4. The van der Waals surface area contributed by atoms with E-state index in [9.17, 15) is 24.0 Å². The Labute approximate surface area is 830 Å². The van der Waals surface area contributed by atoms with Crippen LogP contribution in [0.4, 0.5) is 0 Å². The first-order chi connectivity index (χ1) is 63.5. The van der Waals surface area contributed by atoms with E-state index in [0.717, 1.165) is 193 Å². The van der Waals surface area contributed by atoms with Gasteiger partial charge in [0, 0.05) is 280 Å². The van der Waals surface area contributed by atoms with Gasteiger partial charge in [0.15, 0.2) is 0 Å². The summed E-state index contributed by atoms with van der Waals surface area (Å²) in [6.45, 7) is 117. The summed E-state index contributed by atoms with van der Waals surface area (Å²) in [4.78, 5) is 96.2. The van der Waals surface area contributed by atoms with Gasteiger partial charge < -0.3 is 16.0 Å². The van der Waals surface area contributed by atoms with Crippen molar-refractivity contribution in [1.29, 1.82) is 0 Å². The monoisotopic (exact) mass is 1880 g/mol. The second-order valence-corrected chi connectivity index (χ2v) is 42.2. The van der Waals surface area contributed by atoms with Crippen LogP contribution < -0.4 is 16.0 Å². The summed E-state index contributed by atoms with van der Waals surface area (Å²) >= 11 is 0. The first kappa shape index (κ1) is 127. The smallest absolute Gasteiger partial charge is 0.248 e. The van der Waals surface area contributed by atoms with Crippen LogP contribution in [0.1, 0.15) is 395 Å². The molecule has 16 heterocycles. The molecule has 0 unspecified atom stereocenters. The topological polar surface area (TPSA) is 200 Å². The predicted octanol–water partition coefficient (Wildman–Crippen LogP) is 23.6. The van der Waals surface area contributed by atoms with Crippen LogP contribution in [0.2, 0.25) is 0 Å². The standard InChI is InChI=1S/4C11H18N2.2C11H17NO.3C10H16N2O.9C2H6/c1-8-10-7-13(11(2,3)4)6-9(10)5-12-8;1-8-5-9-6-13(11(2,3)4)7-10(9)12-8;1-8(2)13-5-4-11-10(7-13)6-9(3)12-11;1-8(2)13-5-4-10-6-9(3)12-11(10)7-13;1-11(2,3)12-6-8-4-10(13)5-9(8)7-12;1-8(2)12-4-3-9-5-11(13)6-10(9)7-12;1-10(2,3)12-5-7-4-11-9(13)8(7)6-12;1-10(2,3)12-5-7-4-9(13)11-8(7)6-12;1-7(2)12-4-3-9-8(6-12)5-10(13)11-9;9*1-2/h2*5-7H2,1-4H3;2*8H,4-7H2,1-3H3;4-7H2,1-3H3;8H,3-7H2,1-2H3;2*4-6H2,1-3H3,(H,11,13);7H,3-6H2,1-2H3,(H,11,13);9*1-2H3. The highest BCUT2D eigenvalue weighted by atomic mass is 16.2. The van der Waals surface area contributed by atoms with E-state index in [4.69, 9.17) is 0 Å². The molecule has 0 bridgehead atoms. The highest BCUT2D eigenvalue weighted by Crippen LogP contribution is 2.38. The second kappa shape index (κ2) is 60.8.